The molecule has 0 aliphatic heterocycles. The molecule has 2 aromatic rings. The van der Waals surface area contributed by atoms with Gasteiger partial charge in [0.2, 0.25) is 0 Å². The first-order valence-corrected chi connectivity index (χ1v) is 9.21. The highest BCUT2D eigenvalue weighted by Gasteiger charge is 2.06. The zero-order valence-corrected chi connectivity index (χ0v) is 14.6. The molecule has 0 saturated heterocycles. The zero-order valence-electron chi connectivity index (χ0n) is 13.0. The number of hydrogen-bond donors (Lipinski definition) is 0. The topological polar surface area (TPSA) is 17.8 Å². The molecule has 1 aromatic carbocycles. The van der Waals surface area contributed by atoms with Crippen LogP contribution in [0.4, 0.5) is 0 Å². The van der Waals surface area contributed by atoms with Crippen LogP contribution in [-0.2, 0) is 6.54 Å². The van der Waals surface area contributed by atoms with Crippen LogP contribution >= 0.6 is 23.4 Å². The summed E-state index contributed by atoms with van der Waals surface area (Å²) in [6, 6.07) is 7.96. The highest BCUT2D eigenvalue weighted by atomic mass is 35.5. The molecule has 0 fully saturated rings. The minimum Gasteiger partial charge on any atom is -0.336 e. The van der Waals surface area contributed by atoms with Gasteiger partial charge in [-0.25, -0.2) is 4.98 Å². The highest BCUT2D eigenvalue weighted by Crippen LogP contribution is 2.19. The van der Waals surface area contributed by atoms with Crippen LogP contribution in [0.3, 0.4) is 0 Å². The smallest absolute Gasteiger partial charge is 0.0946 e. The Balaban J connectivity index is 1.94. The molecule has 0 saturated carbocycles. The van der Waals surface area contributed by atoms with Crippen molar-refractivity contribution in [1.82, 2.24) is 9.55 Å². The molecular weight excluding hydrogens is 312 g/mol. The molecule has 1 unspecified atom stereocenters. The van der Waals surface area contributed by atoms with E-state index in [-0.39, 0.29) is 0 Å². The summed E-state index contributed by atoms with van der Waals surface area (Å²) < 4.78 is 2.14. The number of unbranched alkanes of at least 4 members (excludes halogenated alkanes) is 2. The summed E-state index contributed by atoms with van der Waals surface area (Å²) in [5.41, 5.74) is 1.19. The fraction of sp³-hybridized carbons (Fsp3) is 0.389. The Hall–Kier alpha value is -1.19. The van der Waals surface area contributed by atoms with Gasteiger partial charge >= 0.3 is 0 Å². The molecule has 118 valence electrons. The van der Waals surface area contributed by atoms with Gasteiger partial charge in [0.05, 0.1) is 6.33 Å². The second-order valence-corrected chi connectivity index (χ2v) is 7.07. The van der Waals surface area contributed by atoms with Gasteiger partial charge in [-0.15, -0.1) is 0 Å². The van der Waals surface area contributed by atoms with Gasteiger partial charge in [-0.05, 0) is 29.9 Å². The van der Waals surface area contributed by atoms with Crippen molar-refractivity contribution in [2.75, 3.05) is 5.75 Å². The molecule has 0 aliphatic carbocycles. The molecule has 1 atom stereocenters. The van der Waals surface area contributed by atoms with Crippen molar-refractivity contribution in [2.24, 2.45) is 0 Å². The van der Waals surface area contributed by atoms with Crippen molar-refractivity contribution < 1.29 is 0 Å². The minimum absolute atomic E-state index is 0.460. The average molecular weight is 335 g/mol. The number of halogens is 1. The van der Waals surface area contributed by atoms with Crippen LogP contribution in [-0.4, -0.2) is 20.6 Å². The first kappa shape index (κ1) is 17.2. The molecule has 0 N–H and O–H groups in total. The van der Waals surface area contributed by atoms with E-state index in [0.29, 0.717) is 5.25 Å². The van der Waals surface area contributed by atoms with Crippen LogP contribution in [0.2, 0.25) is 5.02 Å². The Bertz CT molecular complexity index is 549. The third kappa shape index (κ3) is 6.29. The molecule has 22 heavy (non-hydrogen) atoms. The van der Waals surface area contributed by atoms with E-state index in [1.807, 2.05) is 42.6 Å². The predicted octanol–water partition coefficient (Wildman–Crippen LogP) is 5.54. The quantitative estimate of drug-likeness (QED) is 0.560. The van der Waals surface area contributed by atoms with Crippen LogP contribution in [0, 0.1) is 0 Å². The van der Waals surface area contributed by atoms with Crippen molar-refractivity contribution >= 4 is 29.4 Å². The van der Waals surface area contributed by atoms with Gasteiger partial charge in [-0.2, -0.15) is 11.8 Å². The lowest BCUT2D eigenvalue weighted by Crippen LogP contribution is -2.10. The lowest BCUT2D eigenvalue weighted by molar-refractivity contribution is 0.717. The molecule has 0 bridgehead atoms. The van der Waals surface area contributed by atoms with E-state index >= 15 is 0 Å². The molecule has 2 nitrogen and oxygen atoms in total. The van der Waals surface area contributed by atoms with Crippen molar-refractivity contribution in [3.05, 3.63) is 59.6 Å². The van der Waals surface area contributed by atoms with Gasteiger partial charge in [0.15, 0.2) is 0 Å². The van der Waals surface area contributed by atoms with Crippen LogP contribution in [0.15, 0.2) is 49.1 Å². The maximum absolute atomic E-state index is 5.93. The normalized spacial score (nSPS) is 12.8. The number of hydrogen-bond acceptors (Lipinski definition) is 2. The summed E-state index contributed by atoms with van der Waals surface area (Å²) in [7, 11) is 0. The molecule has 1 heterocycles. The Kier molecular flexibility index (Phi) is 7.61. The van der Waals surface area contributed by atoms with Gasteiger partial charge in [-0.3, -0.25) is 0 Å². The minimum atomic E-state index is 0.460. The van der Waals surface area contributed by atoms with Crippen LogP contribution in [0.5, 0.6) is 0 Å². The number of rotatable bonds is 9. The van der Waals surface area contributed by atoms with Crippen molar-refractivity contribution in [3.8, 4) is 0 Å². The van der Waals surface area contributed by atoms with E-state index in [0.717, 1.165) is 11.6 Å². The molecule has 0 aliphatic rings. The lowest BCUT2D eigenvalue weighted by Gasteiger charge is -2.13. The standard InChI is InChI=1S/C18H23ClN2S/c1-2-3-4-13-22-18(14-21-12-11-20-15-21)10-7-16-5-8-17(19)9-6-16/h5-12,15,18H,2-4,13-14H2,1H3/b10-7+. The summed E-state index contributed by atoms with van der Waals surface area (Å²) in [6.45, 7) is 3.20. The second kappa shape index (κ2) is 9.75. The molecular formula is C18H23ClN2S. The van der Waals surface area contributed by atoms with E-state index in [9.17, 15) is 0 Å². The fourth-order valence-electron chi connectivity index (χ4n) is 2.15. The predicted molar refractivity (Wildman–Crippen MR) is 98.5 cm³/mol. The summed E-state index contributed by atoms with van der Waals surface area (Å²) in [5.74, 6) is 1.21. The summed E-state index contributed by atoms with van der Waals surface area (Å²) in [6.07, 6.45) is 14.1. The number of thioether (sulfide) groups is 1. The molecule has 1 aromatic heterocycles. The Morgan fingerprint density at radius 2 is 2.09 bits per heavy atom. The van der Waals surface area contributed by atoms with Gasteiger partial charge in [0.25, 0.3) is 0 Å². The fourth-order valence-corrected chi connectivity index (χ4v) is 3.42. The van der Waals surface area contributed by atoms with Crippen molar-refractivity contribution in [2.45, 2.75) is 38.0 Å². The SMILES string of the molecule is CCCCCSC(/C=C/c1ccc(Cl)cc1)Cn1ccnc1. The Morgan fingerprint density at radius 3 is 2.77 bits per heavy atom. The Morgan fingerprint density at radius 1 is 1.27 bits per heavy atom. The number of aromatic nitrogens is 2. The third-order valence-corrected chi connectivity index (χ3v) is 4.91. The molecule has 2 rings (SSSR count). The van der Waals surface area contributed by atoms with Gasteiger partial charge in [0.1, 0.15) is 0 Å². The third-order valence-electron chi connectivity index (χ3n) is 3.40. The van der Waals surface area contributed by atoms with Crippen LogP contribution < -0.4 is 0 Å². The highest BCUT2D eigenvalue weighted by molar-refractivity contribution is 8.00. The maximum Gasteiger partial charge on any atom is 0.0946 e. The lowest BCUT2D eigenvalue weighted by atomic mass is 10.2. The largest absolute Gasteiger partial charge is 0.336 e. The van der Waals surface area contributed by atoms with E-state index < -0.39 is 0 Å². The van der Waals surface area contributed by atoms with E-state index in [2.05, 4.69) is 40.8 Å². The first-order valence-electron chi connectivity index (χ1n) is 7.79. The molecule has 0 spiro atoms. The summed E-state index contributed by atoms with van der Waals surface area (Å²) in [4.78, 5) is 4.13. The van der Waals surface area contributed by atoms with Crippen molar-refractivity contribution in [1.29, 1.82) is 0 Å². The van der Waals surface area contributed by atoms with E-state index in [1.54, 1.807) is 0 Å². The average Bonchev–Trinajstić information content (AvgIpc) is 3.03. The summed E-state index contributed by atoms with van der Waals surface area (Å²) in [5, 5.41) is 1.24. The zero-order chi connectivity index (χ0) is 15.6. The number of nitrogens with zero attached hydrogens (tertiary/aromatic N) is 2. The van der Waals surface area contributed by atoms with E-state index in [4.69, 9.17) is 11.6 Å². The number of benzene rings is 1. The van der Waals surface area contributed by atoms with Gasteiger partial charge in [-0.1, -0.05) is 55.7 Å². The van der Waals surface area contributed by atoms with Gasteiger partial charge in [0, 0.05) is 29.2 Å². The van der Waals surface area contributed by atoms with Crippen LogP contribution in [0.1, 0.15) is 31.7 Å². The van der Waals surface area contributed by atoms with E-state index in [1.165, 1.54) is 30.6 Å². The summed E-state index contributed by atoms with van der Waals surface area (Å²) >= 11 is 7.95. The monoisotopic (exact) mass is 334 g/mol. The maximum atomic E-state index is 5.93. The van der Waals surface area contributed by atoms with Gasteiger partial charge < -0.3 is 4.57 Å². The van der Waals surface area contributed by atoms with Crippen molar-refractivity contribution in [3.63, 3.8) is 0 Å². The molecule has 4 heteroatoms. The molecule has 0 amide bonds. The first-order chi connectivity index (χ1) is 10.8. The number of imidazole rings is 1. The Labute approximate surface area is 142 Å². The van der Waals surface area contributed by atoms with Crippen LogP contribution in [0.25, 0.3) is 6.08 Å². The second-order valence-electron chi connectivity index (χ2n) is 5.29. The molecule has 0 radical (unpaired) electrons.